The number of pyridine rings is 1. The van der Waals surface area contributed by atoms with Crippen LogP contribution in [0.5, 0.6) is 5.75 Å². The van der Waals surface area contributed by atoms with Crippen molar-refractivity contribution in [2.75, 3.05) is 37.6 Å². The molecule has 0 saturated carbocycles. The van der Waals surface area contributed by atoms with Crippen molar-refractivity contribution in [1.82, 2.24) is 15.2 Å². The lowest BCUT2D eigenvalue weighted by Gasteiger charge is -2.36. The highest BCUT2D eigenvalue weighted by Crippen LogP contribution is 2.17. The van der Waals surface area contributed by atoms with Gasteiger partial charge in [-0.15, -0.1) is 0 Å². The van der Waals surface area contributed by atoms with E-state index in [2.05, 4.69) is 20.1 Å². The number of halogens is 1. The van der Waals surface area contributed by atoms with Crippen molar-refractivity contribution in [3.05, 3.63) is 53.7 Å². The van der Waals surface area contributed by atoms with E-state index in [9.17, 15) is 4.79 Å². The Hall–Kier alpha value is -2.31. The van der Waals surface area contributed by atoms with Crippen LogP contribution in [0.4, 0.5) is 5.82 Å². The molecule has 3 rings (SSSR count). The second-order valence-corrected chi connectivity index (χ2v) is 7.54. The van der Waals surface area contributed by atoms with Gasteiger partial charge >= 0.3 is 0 Å². The number of nitrogens with zero attached hydrogens (tertiary/aromatic N) is 3. The van der Waals surface area contributed by atoms with Crippen LogP contribution in [0, 0.1) is 0 Å². The minimum Gasteiger partial charge on any atom is -0.481 e. The lowest BCUT2D eigenvalue weighted by atomic mass is 10.2. The number of anilines is 1. The van der Waals surface area contributed by atoms with Gasteiger partial charge in [0, 0.05) is 50.0 Å². The summed E-state index contributed by atoms with van der Waals surface area (Å²) in [5.41, 5.74) is 0. The first-order valence-electron chi connectivity index (χ1n) is 9.62. The Bertz CT molecular complexity index is 749. The normalized spacial score (nSPS) is 17.0. The number of carbonyl (C=O) groups is 1. The monoisotopic (exact) mass is 402 g/mol. The molecular formula is C21H27ClN4O2. The van der Waals surface area contributed by atoms with Gasteiger partial charge in [0.05, 0.1) is 0 Å². The quantitative estimate of drug-likeness (QED) is 0.771. The largest absolute Gasteiger partial charge is 0.481 e. The Labute approximate surface area is 171 Å². The number of benzene rings is 1. The van der Waals surface area contributed by atoms with Gasteiger partial charge in [-0.05, 0) is 50.2 Å². The zero-order valence-electron chi connectivity index (χ0n) is 16.3. The van der Waals surface area contributed by atoms with Crippen molar-refractivity contribution >= 4 is 23.3 Å². The number of carbonyl (C=O) groups excluding carboxylic acids is 1. The van der Waals surface area contributed by atoms with Crippen LogP contribution in [-0.2, 0) is 4.79 Å². The van der Waals surface area contributed by atoms with Crippen molar-refractivity contribution in [3.63, 3.8) is 0 Å². The van der Waals surface area contributed by atoms with E-state index in [-0.39, 0.29) is 11.9 Å². The molecule has 1 aliphatic heterocycles. The molecule has 6 nitrogen and oxygen atoms in total. The Morgan fingerprint density at radius 2 is 1.86 bits per heavy atom. The summed E-state index contributed by atoms with van der Waals surface area (Å²) in [6, 6.07) is 13.0. The summed E-state index contributed by atoms with van der Waals surface area (Å²) in [5, 5.41) is 3.68. The fourth-order valence-corrected chi connectivity index (χ4v) is 3.39. The van der Waals surface area contributed by atoms with Gasteiger partial charge in [-0.1, -0.05) is 17.7 Å². The molecule has 2 aromatic rings. The number of piperazine rings is 1. The molecule has 1 saturated heterocycles. The predicted molar refractivity (Wildman–Crippen MR) is 112 cm³/mol. The number of hydrogen-bond acceptors (Lipinski definition) is 5. The maximum atomic E-state index is 12.4. The second kappa shape index (κ2) is 9.75. The molecule has 2 heterocycles. The van der Waals surface area contributed by atoms with E-state index in [1.165, 1.54) is 0 Å². The third-order valence-electron chi connectivity index (χ3n) is 4.76. The van der Waals surface area contributed by atoms with Crippen LogP contribution in [0.1, 0.15) is 13.8 Å². The number of hydrogen-bond donors (Lipinski definition) is 1. The number of amides is 1. The topological polar surface area (TPSA) is 57.7 Å². The molecule has 1 fully saturated rings. The first-order valence-corrected chi connectivity index (χ1v) is 10.00. The molecule has 0 aliphatic carbocycles. The SMILES string of the molecule is CC(CN1CCN(c2ccccn2)CC1)NC(=O)C(C)Oc1ccc(Cl)cc1. The summed E-state index contributed by atoms with van der Waals surface area (Å²) in [4.78, 5) is 21.5. The van der Waals surface area contributed by atoms with Crippen LogP contribution in [0.15, 0.2) is 48.7 Å². The van der Waals surface area contributed by atoms with Crippen LogP contribution in [0.3, 0.4) is 0 Å². The summed E-state index contributed by atoms with van der Waals surface area (Å²) >= 11 is 5.87. The Balaban J connectivity index is 1.40. The molecule has 2 atom stereocenters. The van der Waals surface area contributed by atoms with Gasteiger partial charge in [0.25, 0.3) is 5.91 Å². The third kappa shape index (κ3) is 5.84. The van der Waals surface area contributed by atoms with Crippen molar-refractivity contribution in [2.45, 2.75) is 26.0 Å². The van der Waals surface area contributed by atoms with Gasteiger partial charge < -0.3 is 15.0 Å². The fourth-order valence-electron chi connectivity index (χ4n) is 3.26. The van der Waals surface area contributed by atoms with Gasteiger partial charge in [0.2, 0.25) is 0 Å². The van der Waals surface area contributed by atoms with E-state index in [1.54, 1.807) is 31.2 Å². The predicted octanol–water partition coefficient (Wildman–Crippen LogP) is 2.83. The molecule has 1 aromatic carbocycles. The average molecular weight is 403 g/mol. The summed E-state index contributed by atoms with van der Waals surface area (Å²) in [6.45, 7) is 8.37. The Kier molecular flexibility index (Phi) is 7.12. The van der Waals surface area contributed by atoms with Crippen LogP contribution >= 0.6 is 11.6 Å². The van der Waals surface area contributed by atoms with E-state index in [1.807, 2.05) is 31.3 Å². The summed E-state index contributed by atoms with van der Waals surface area (Å²) in [6.07, 6.45) is 1.26. The van der Waals surface area contributed by atoms with Crippen molar-refractivity contribution in [3.8, 4) is 5.75 Å². The molecule has 7 heteroatoms. The van der Waals surface area contributed by atoms with Gasteiger partial charge in [-0.3, -0.25) is 9.69 Å². The standard InChI is InChI=1S/C21H27ClN4O2/c1-16(24-21(27)17(2)28-19-8-6-18(22)7-9-19)15-25-11-13-26(14-12-25)20-5-3-4-10-23-20/h3-10,16-17H,11-15H2,1-2H3,(H,24,27). The van der Waals surface area contributed by atoms with E-state index in [0.717, 1.165) is 38.5 Å². The third-order valence-corrected chi connectivity index (χ3v) is 5.01. The van der Waals surface area contributed by atoms with Gasteiger partial charge in [-0.25, -0.2) is 4.98 Å². The molecule has 1 N–H and O–H groups in total. The van der Waals surface area contributed by atoms with Crippen LogP contribution in [0.25, 0.3) is 0 Å². The van der Waals surface area contributed by atoms with Gasteiger partial charge in [0.15, 0.2) is 6.10 Å². The Morgan fingerprint density at radius 3 is 2.50 bits per heavy atom. The highest BCUT2D eigenvalue weighted by atomic mass is 35.5. The molecule has 0 bridgehead atoms. The minimum atomic E-state index is -0.565. The maximum absolute atomic E-state index is 12.4. The Morgan fingerprint density at radius 1 is 1.14 bits per heavy atom. The number of aromatic nitrogens is 1. The number of rotatable bonds is 7. The lowest BCUT2D eigenvalue weighted by Crippen LogP contribution is -2.52. The highest BCUT2D eigenvalue weighted by Gasteiger charge is 2.22. The average Bonchev–Trinajstić information content (AvgIpc) is 2.71. The van der Waals surface area contributed by atoms with Crippen molar-refractivity contribution in [2.24, 2.45) is 0 Å². The van der Waals surface area contributed by atoms with Crippen LogP contribution in [-0.4, -0.2) is 60.7 Å². The second-order valence-electron chi connectivity index (χ2n) is 7.10. The summed E-state index contributed by atoms with van der Waals surface area (Å²) in [5.74, 6) is 1.54. The van der Waals surface area contributed by atoms with E-state index in [4.69, 9.17) is 16.3 Å². The molecular weight excluding hydrogens is 376 g/mol. The van der Waals surface area contributed by atoms with Crippen molar-refractivity contribution < 1.29 is 9.53 Å². The van der Waals surface area contributed by atoms with Gasteiger partial charge in [0.1, 0.15) is 11.6 Å². The molecule has 0 spiro atoms. The first kappa shape index (κ1) is 20.4. The molecule has 1 aromatic heterocycles. The van der Waals surface area contributed by atoms with Crippen LogP contribution < -0.4 is 15.0 Å². The lowest BCUT2D eigenvalue weighted by molar-refractivity contribution is -0.128. The minimum absolute atomic E-state index is 0.0465. The molecule has 28 heavy (non-hydrogen) atoms. The summed E-state index contributed by atoms with van der Waals surface area (Å²) in [7, 11) is 0. The molecule has 2 unspecified atom stereocenters. The molecule has 150 valence electrons. The fraction of sp³-hybridized carbons (Fsp3) is 0.429. The van der Waals surface area contributed by atoms with E-state index < -0.39 is 6.10 Å². The molecule has 1 amide bonds. The maximum Gasteiger partial charge on any atom is 0.261 e. The van der Waals surface area contributed by atoms with Crippen molar-refractivity contribution in [1.29, 1.82) is 0 Å². The smallest absolute Gasteiger partial charge is 0.261 e. The van der Waals surface area contributed by atoms with Crippen LogP contribution in [0.2, 0.25) is 5.02 Å². The number of nitrogens with one attached hydrogen (secondary N) is 1. The summed E-state index contributed by atoms with van der Waals surface area (Å²) < 4.78 is 5.69. The first-order chi connectivity index (χ1) is 13.5. The van der Waals surface area contributed by atoms with E-state index in [0.29, 0.717) is 10.8 Å². The zero-order valence-corrected chi connectivity index (χ0v) is 17.1. The highest BCUT2D eigenvalue weighted by molar-refractivity contribution is 6.30. The molecule has 1 aliphatic rings. The zero-order chi connectivity index (χ0) is 19.9. The van der Waals surface area contributed by atoms with Gasteiger partial charge in [-0.2, -0.15) is 0 Å². The molecule has 0 radical (unpaired) electrons. The van der Waals surface area contributed by atoms with E-state index >= 15 is 0 Å². The number of ether oxygens (including phenoxy) is 1.